The van der Waals surface area contributed by atoms with Gasteiger partial charge in [-0.25, -0.2) is 4.79 Å². The van der Waals surface area contributed by atoms with Crippen molar-refractivity contribution in [2.45, 2.75) is 26.0 Å². The first-order valence-corrected chi connectivity index (χ1v) is 8.57. The van der Waals surface area contributed by atoms with E-state index in [1.807, 2.05) is 6.07 Å². The van der Waals surface area contributed by atoms with Crippen molar-refractivity contribution >= 4 is 28.7 Å². The zero-order valence-electron chi connectivity index (χ0n) is 15.0. The standard InChI is InChI=1S/C20H17N3O5/c1-13(19(25)22-15-6-4-5-14(11-15)12-21)27-18(24)9-10-23-16-7-2-3-8-17(16)28-20(23)26/h2-8,11,13H,9-10H2,1H3,(H,22,25). The smallest absolute Gasteiger partial charge is 0.419 e. The topological polar surface area (TPSA) is 114 Å². The number of fused-ring (bicyclic) bond motifs is 1. The van der Waals surface area contributed by atoms with Crippen molar-refractivity contribution in [1.82, 2.24) is 4.57 Å². The minimum absolute atomic E-state index is 0.0766. The molecule has 0 radical (unpaired) electrons. The minimum Gasteiger partial charge on any atom is -0.452 e. The highest BCUT2D eigenvalue weighted by Gasteiger charge is 2.19. The molecule has 1 atom stereocenters. The van der Waals surface area contributed by atoms with E-state index in [9.17, 15) is 14.4 Å². The van der Waals surface area contributed by atoms with Crippen LogP contribution in [0.15, 0.2) is 57.7 Å². The molecule has 1 N–H and O–H groups in total. The van der Waals surface area contributed by atoms with Crippen LogP contribution in [0.3, 0.4) is 0 Å². The highest BCUT2D eigenvalue weighted by atomic mass is 16.5. The van der Waals surface area contributed by atoms with Crippen molar-refractivity contribution in [2.75, 3.05) is 5.32 Å². The number of amides is 1. The van der Waals surface area contributed by atoms with E-state index in [2.05, 4.69) is 5.32 Å². The van der Waals surface area contributed by atoms with E-state index in [1.165, 1.54) is 17.6 Å². The number of nitrogens with zero attached hydrogens (tertiary/aromatic N) is 2. The Balaban J connectivity index is 1.56. The van der Waals surface area contributed by atoms with Crippen LogP contribution in [0.4, 0.5) is 5.69 Å². The van der Waals surface area contributed by atoms with Crippen LogP contribution in [-0.4, -0.2) is 22.5 Å². The van der Waals surface area contributed by atoms with Crippen LogP contribution in [0.25, 0.3) is 11.1 Å². The van der Waals surface area contributed by atoms with E-state index in [4.69, 9.17) is 14.4 Å². The van der Waals surface area contributed by atoms with Gasteiger partial charge in [0.05, 0.1) is 23.6 Å². The summed E-state index contributed by atoms with van der Waals surface area (Å²) >= 11 is 0. The van der Waals surface area contributed by atoms with Crippen LogP contribution in [-0.2, 0) is 20.9 Å². The molecule has 1 amide bonds. The van der Waals surface area contributed by atoms with E-state index in [0.717, 1.165) is 0 Å². The van der Waals surface area contributed by atoms with Crippen molar-refractivity contribution in [3.63, 3.8) is 0 Å². The summed E-state index contributed by atoms with van der Waals surface area (Å²) in [6.45, 7) is 1.52. The van der Waals surface area contributed by atoms with Gasteiger partial charge < -0.3 is 14.5 Å². The number of aromatic nitrogens is 1. The number of para-hydroxylation sites is 2. The van der Waals surface area contributed by atoms with Gasteiger partial charge in [0.1, 0.15) is 0 Å². The van der Waals surface area contributed by atoms with Crippen molar-refractivity contribution in [3.8, 4) is 6.07 Å². The number of esters is 1. The summed E-state index contributed by atoms with van der Waals surface area (Å²) in [5.41, 5.74) is 1.86. The normalized spacial score (nSPS) is 11.6. The number of benzene rings is 2. The summed E-state index contributed by atoms with van der Waals surface area (Å²) in [6, 6.07) is 15.3. The van der Waals surface area contributed by atoms with Crippen LogP contribution in [0, 0.1) is 11.3 Å². The zero-order chi connectivity index (χ0) is 20.1. The second-order valence-corrected chi connectivity index (χ2v) is 6.05. The molecule has 8 nitrogen and oxygen atoms in total. The molecule has 142 valence electrons. The highest BCUT2D eigenvalue weighted by molar-refractivity contribution is 5.95. The molecular formula is C20H17N3O5. The number of nitriles is 1. The maximum absolute atomic E-state index is 12.2. The maximum atomic E-state index is 12.2. The molecule has 1 heterocycles. The SMILES string of the molecule is CC(OC(=O)CCn1c(=O)oc2ccccc21)C(=O)Nc1cccc(C#N)c1. The van der Waals surface area contributed by atoms with E-state index in [0.29, 0.717) is 22.4 Å². The molecule has 0 saturated heterocycles. The van der Waals surface area contributed by atoms with Gasteiger partial charge in [0.25, 0.3) is 5.91 Å². The van der Waals surface area contributed by atoms with Gasteiger partial charge >= 0.3 is 11.7 Å². The lowest BCUT2D eigenvalue weighted by molar-refractivity contribution is -0.153. The highest BCUT2D eigenvalue weighted by Crippen LogP contribution is 2.13. The molecule has 2 aromatic carbocycles. The van der Waals surface area contributed by atoms with Crippen LogP contribution in [0.1, 0.15) is 18.9 Å². The Labute approximate surface area is 159 Å². The van der Waals surface area contributed by atoms with Crippen molar-refractivity contribution in [2.24, 2.45) is 0 Å². The number of hydrogen-bond acceptors (Lipinski definition) is 6. The van der Waals surface area contributed by atoms with Gasteiger partial charge in [0.2, 0.25) is 0 Å². The molecule has 1 aromatic heterocycles. The third kappa shape index (κ3) is 4.27. The summed E-state index contributed by atoms with van der Waals surface area (Å²) in [4.78, 5) is 36.1. The second kappa shape index (κ2) is 8.22. The number of carbonyl (C=O) groups is 2. The van der Waals surface area contributed by atoms with Gasteiger partial charge in [-0.2, -0.15) is 5.26 Å². The maximum Gasteiger partial charge on any atom is 0.419 e. The van der Waals surface area contributed by atoms with Gasteiger partial charge in [-0.15, -0.1) is 0 Å². The van der Waals surface area contributed by atoms with E-state index in [-0.39, 0.29) is 13.0 Å². The lowest BCUT2D eigenvalue weighted by Crippen LogP contribution is -2.30. The van der Waals surface area contributed by atoms with Crippen molar-refractivity contribution in [3.05, 3.63) is 64.6 Å². The number of carbonyl (C=O) groups excluding carboxylic acids is 2. The second-order valence-electron chi connectivity index (χ2n) is 6.05. The van der Waals surface area contributed by atoms with Crippen molar-refractivity contribution in [1.29, 1.82) is 5.26 Å². The number of ether oxygens (including phenoxy) is 1. The average molecular weight is 379 g/mol. The molecule has 0 aliphatic heterocycles. The number of anilines is 1. The van der Waals surface area contributed by atoms with Crippen LogP contribution in [0.2, 0.25) is 0 Å². The first-order chi connectivity index (χ1) is 13.5. The Morgan fingerprint density at radius 2 is 2.04 bits per heavy atom. The number of rotatable bonds is 6. The van der Waals surface area contributed by atoms with Crippen LogP contribution >= 0.6 is 0 Å². The fourth-order valence-corrected chi connectivity index (χ4v) is 2.65. The molecular weight excluding hydrogens is 362 g/mol. The van der Waals surface area contributed by atoms with Crippen LogP contribution < -0.4 is 11.1 Å². The zero-order valence-corrected chi connectivity index (χ0v) is 15.0. The Bertz CT molecular complexity index is 1120. The molecule has 0 aliphatic carbocycles. The third-order valence-electron chi connectivity index (χ3n) is 4.05. The van der Waals surface area contributed by atoms with Gasteiger partial charge in [-0.05, 0) is 37.3 Å². The minimum atomic E-state index is -1.03. The summed E-state index contributed by atoms with van der Waals surface area (Å²) < 4.78 is 11.6. The van der Waals surface area contributed by atoms with E-state index < -0.39 is 23.7 Å². The lowest BCUT2D eigenvalue weighted by Gasteiger charge is -2.13. The summed E-state index contributed by atoms with van der Waals surface area (Å²) in [6.07, 6.45) is -1.12. The van der Waals surface area contributed by atoms with Gasteiger partial charge in [-0.3, -0.25) is 14.2 Å². The molecule has 0 spiro atoms. The fourth-order valence-electron chi connectivity index (χ4n) is 2.65. The van der Waals surface area contributed by atoms with Crippen molar-refractivity contribution < 1.29 is 18.7 Å². The predicted molar refractivity (Wildman–Crippen MR) is 100 cm³/mol. The Hall–Kier alpha value is -3.86. The summed E-state index contributed by atoms with van der Waals surface area (Å²) in [5.74, 6) is -1.70. The largest absolute Gasteiger partial charge is 0.452 e. The lowest BCUT2D eigenvalue weighted by atomic mass is 10.2. The average Bonchev–Trinajstić information content (AvgIpc) is 3.01. The Morgan fingerprint density at radius 1 is 1.25 bits per heavy atom. The van der Waals surface area contributed by atoms with E-state index >= 15 is 0 Å². The molecule has 3 rings (SSSR count). The molecule has 0 bridgehead atoms. The first kappa shape index (κ1) is 18.9. The number of hydrogen-bond donors (Lipinski definition) is 1. The third-order valence-corrected chi connectivity index (χ3v) is 4.05. The monoisotopic (exact) mass is 379 g/mol. The molecule has 8 heteroatoms. The molecule has 0 aliphatic rings. The fraction of sp³-hybridized carbons (Fsp3) is 0.200. The molecule has 0 fully saturated rings. The summed E-state index contributed by atoms with van der Waals surface area (Å²) in [5, 5.41) is 11.5. The molecule has 0 saturated carbocycles. The molecule has 28 heavy (non-hydrogen) atoms. The Morgan fingerprint density at radius 3 is 2.82 bits per heavy atom. The summed E-state index contributed by atoms with van der Waals surface area (Å²) in [7, 11) is 0. The van der Waals surface area contributed by atoms with Gasteiger partial charge in [0, 0.05) is 12.2 Å². The van der Waals surface area contributed by atoms with Gasteiger partial charge in [-0.1, -0.05) is 18.2 Å². The molecule has 1 unspecified atom stereocenters. The van der Waals surface area contributed by atoms with E-state index in [1.54, 1.807) is 42.5 Å². The van der Waals surface area contributed by atoms with Crippen LogP contribution in [0.5, 0.6) is 0 Å². The van der Waals surface area contributed by atoms with Gasteiger partial charge in [0.15, 0.2) is 11.7 Å². The number of aryl methyl sites for hydroxylation is 1. The Kier molecular flexibility index (Phi) is 5.56. The first-order valence-electron chi connectivity index (χ1n) is 8.57. The number of nitrogens with one attached hydrogen (secondary N) is 1. The quantitative estimate of drug-likeness (QED) is 0.658. The predicted octanol–water partition coefficient (Wildman–Crippen LogP) is 2.43. The number of oxazole rings is 1. The molecule has 3 aromatic rings.